The van der Waals surface area contributed by atoms with Crippen LogP contribution >= 0.6 is 0 Å². The fourth-order valence-corrected chi connectivity index (χ4v) is 2.36. The summed E-state index contributed by atoms with van der Waals surface area (Å²) in [4.78, 5) is 37.9. The normalized spacial score (nSPS) is 16.2. The van der Waals surface area contributed by atoms with Crippen molar-refractivity contribution in [2.24, 2.45) is 0 Å². The second kappa shape index (κ2) is 6.52. The highest BCUT2D eigenvalue weighted by Gasteiger charge is 2.38. The van der Waals surface area contributed by atoms with Crippen LogP contribution in [-0.2, 0) is 9.59 Å². The van der Waals surface area contributed by atoms with Gasteiger partial charge in [-0.25, -0.2) is 9.69 Å². The average Bonchev–Trinajstić information content (AvgIpc) is 3.11. The van der Waals surface area contributed by atoms with Crippen LogP contribution < -0.4 is 19.7 Å². The van der Waals surface area contributed by atoms with Crippen molar-refractivity contribution in [3.63, 3.8) is 0 Å². The Morgan fingerprint density at radius 2 is 1.92 bits per heavy atom. The molecule has 8 heteroatoms. The van der Waals surface area contributed by atoms with Gasteiger partial charge in [-0.1, -0.05) is 0 Å². The fourth-order valence-electron chi connectivity index (χ4n) is 2.36. The van der Waals surface area contributed by atoms with Crippen molar-refractivity contribution in [3.8, 4) is 11.5 Å². The van der Waals surface area contributed by atoms with Gasteiger partial charge in [0.15, 0.2) is 0 Å². The van der Waals surface area contributed by atoms with Crippen LogP contribution in [0.5, 0.6) is 11.5 Å². The molecule has 0 spiro atoms. The number of methoxy groups -OCH3 is 2. The summed E-state index contributed by atoms with van der Waals surface area (Å²) in [6.45, 7) is 0. The molecule has 0 aliphatic carbocycles. The molecular formula is C17H14N2O6. The summed E-state index contributed by atoms with van der Waals surface area (Å²) in [7, 11) is 2.86. The van der Waals surface area contributed by atoms with Gasteiger partial charge in [-0.2, -0.15) is 0 Å². The number of anilines is 1. The molecule has 2 aromatic rings. The van der Waals surface area contributed by atoms with Gasteiger partial charge in [-0.15, -0.1) is 0 Å². The molecule has 1 aliphatic heterocycles. The highest BCUT2D eigenvalue weighted by molar-refractivity contribution is 6.39. The summed E-state index contributed by atoms with van der Waals surface area (Å²) < 4.78 is 15.5. The molecule has 1 fully saturated rings. The maximum atomic E-state index is 12.8. The van der Waals surface area contributed by atoms with E-state index >= 15 is 0 Å². The van der Waals surface area contributed by atoms with Crippen molar-refractivity contribution in [1.29, 1.82) is 0 Å². The van der Waals surface area contributed by atoms with Crippen LogP contribution in [0.1, 0.15) is 5.76 Å². The van der Waals surface area contributed by atoms with Crippen molar-refractivity contribution in [1.82, 2.24) is 5.32 Å². The van der Waals surface area contributed by atoms with E-state index in [9.17, 15) is 14.4 Å². The van der Waals surface area contributed by atoms with E-state index in [1.165, 1.54) is 32.6 Å². The Morgan fingerprint density at radius 3 is 2.56 bits per heavy atom. The molecule has 0 unspecified atom stereocenters. The Labute approximate surface area is 142 Å². The largest absolute Gasteiger partial charge is 0.497 e. The lowest BCUT2D eigenvalue weighted by Crippen LogP contribution is -2.54. The Balaban J connectivity index is 2.08. The van der Waals surface area contributed by atoms with Gasteiger partial charge in [0.1, 0.15) is 22.8 Å². The lowest BCUT2D eigenvalue weighted by molar-refractivity contribution is -0.122. The minimum atomic E-state index is -0.877. The van der Waals surface area contributed by atoms with Crippen molar-refractivity contribution in [2.45, 2.75) is 0 Å². The molecule has 1 aromatic heterocycles. The number of amides is 4. The summed E-state index contributed by atoms with van der Waals surface area (Å²) in [5, 5.41) is 2.13. The topological polar surface area (TPSA) is 98.1 Å². The molecule has 0 atom stereocenters. The Morgan fingerprint density at radius 1 is 1.12 bits per heavy atom. The number of benzene rings is 1. The molecule has 1 N–H and O–H groups in total. The molecule has 0 saturated carbocycles. The molecule has 25 heavy (non-hydrogen) atoms. The third-order valence-corrected chi connectivity index (χ3v) is 3.56. The minimum Gasteiger partial charge on any atom is -0.497 e. The number of nitrogens with one attached hydrogen (secondary N) is 1. The first-order valence-corrected chi connectivity index (χ1v) is 7.22. The second-order valence-electron chi connectivity index (χ2n) is 5.01. The van der Waals surface area contributed by atoms with Crippen LogP contribution in [0.3, 0.4) is 0 Å². The van der Waals surface area contributed by atoms with Crippen molar-refractivity contribution in [3.05, 3.63) is 47.9 Å². The highest BCUT2D eigenvalue weighted by atomic mass is 16.5. The SMILES string of the molecule is COc1ccc(OC)c(N2C(=O)NC(=O)C(=Cc3ccco3)C2=O)c1. The first kappa shape index (κ1) is 16.3. The van der Waals surface area contributed by atoms with Crippen molar-refractivity contribution < 1.29 is 28.3 Å². The maximum Gasteiger partial charge on any atom is 0.336 e. The van der Waals surface area contributed by atoms with Gasteiger partial charge in [0.2, 0.25) is 0 Å². The van der Waals surface area contributed by atoms with Gasteiger partial charge in [0, 0.05) is 6.07 Å². The number of imide groups is 2. The highest BCUT2D eigenvalue weighted by Crippen LogP contribution is 2.34. The standard InChI is InChI=1S/C17H14N2O6/c1-23-10-5-6-14(24-2)13(9-10)19-16(21)12(15(20)18-17(19)22)8-11-4-3-7-25-11/h3-9H,1-2H3,(H,18,20,22). The lowest BCUT2D eigenvalue weighted by Gasteiger charge is -2.27. The molecule has 3 rings (SSSR count). The third kappa shape index (κ3) is 2.97. The molecule has 1 aromatic carbocycles. The molecule has 0 radical (unpaired) electrons. The van der Waals surface area contributed by atoms with E-state index in [0.29, 0.717) is 11.5 Å². The van der Waals surface area contributed by atoms with E-state index in [4.69, 9.17) is 13.9 Å². The number of nitrogens with zero attached hydrogens (tertiary/aromatic N) is 1. The Hall–Kier alpha value is -3.55. The molecule has 0 bridgehead atoms. The zero-order valence-electron chi connectivity index (χ0n) is 13.4. The number of furan rings is 1. The predicted molar refractivity (Wildman–Crippen MR) is 87.3 cm³/mol. The molecule has 128 valence electrons. The van der Waals surface area contributed by atoms with Crippen LogP contribution in [0.15, 0.2) is 46.6 Å². The molecule has 1 saturated heterocycles. The average molecular weight is 342 g/mol. The van der Waals surface area contributed by atoms with Gasteiger partial charge < -0.3 is 13.9 Å². The predicted octanol–water partition coefficient (Wildman–Crippen LogP) is 1.96. The number of barbiturate groups is 1. The van der Waals surface area contributed by atoms with E-state index in [1.54, 1.807) is 24.3 Å². The summed E-state index contributed by atoms with van der Waals surface area (Å²) >= 11 is 0. The fraction of sp³-hybridized carbons (Fsp3) is 0.118. The molecular weight excluding hydrogens is 328 g/mol. The number of rotatable bonds is 4. The lowest BCUT2D eigenvalue weighted by atomic mass is 10.1. The summed E-state index contributed by atoms with van der Waals surface area (Å²) in [6, 6.07) is 6.97. The molecule has 4 amide bonds. The van der Waals surface area contributed by atoms with Crippen LogP contribution in [0.25, 0.3) is 6.08 Å². The number of carbonyl (C=O) groups is 3. The second-order valence-corrected chi connectivity index (χ2v) is 5.01. The number of urea groups is 1. The van der Waals surface area contributed by atoms with Crippen LogP contribution in [-0.4, -0.2) is 32.1 Å². The number of ether oxygens (including phenoxy) is 2. The molecule has 2 heterocycles. The van der Waals surface area contributed by atoms with Gasteiger partial charge >= 0.3 is 6.03 Å². The molecule has 1 aliphatic rings. The molecule has 8 nitrogen and oxygen atoms in total. The summed E-state index contributed by atoms with van der Waals surface area (Å²) in [5.74, 6) is -0.590. The minimum absolute atomic E-state index is 0.155. The smallest absolute Gasteiger partial charge is 0.336 e. The maximum absolute atomic E-state index is 12.8. The number of hydrogen-bond acceptors (Lipinski definition) is 6. The van der Waals surface area contributed by atoms with E-state index in [2.05, 4.69) is 5.32 Å². The summed E-state index contributed by atoms with van der Waals surface area (Å²) in [5.41, 5.74) is -0.0818. The Kier molecular flexibility index (Phi) is 4.25. The summed E-state index contributed by atoms with van der Waals surface area (Å²) in [6.07, 6.45) is 2.68. The Bertz CT molecular complexity index is 869. The number of carbonyl (C=O) groups excluding carboxylic acids is 3. The first-order chi connectivity index (χ1) is 12.0. The zero-order chi connectivity index (χ0) is 18.0. The van der Waals surface area contributed by atoms with Gasteiger partial charge in [-0.05, 0) is 30.3 Å². The monoisotopic (exact) mass is 342 g/mol. The van der Waals surface area contributed by atoms with Gasteiger partial charge in [-0.3, -0.25) is 14.9 Å². The van der Waals surface area contributed by atoms with Gasteiger partial charge in [0.05, 0.1) is 26.2 Å². The van der Waals surface area contributed by atoms with Crippen LogP contribution in [0.2, 0.25) is 0 Å². The van der Waals surface area contributed by atoms with Crippen LogP contribution in [0, 0.1) is 0 Å². The van der Waals surface area contributed by atoms with Crippen LogP contribution in [0.4, 0.5) is 10.5 Å². The number of hydrogen-bond donors (Lipinski definition) is 1. The van der Waals surface area contributed by atoms with Crippen molar-refractivity contribution in [2.75, 3.05) is 19.1 Å². The van der Waals surface area contributed by atoms with E-state index in [1.807, 2.05) is 0 Å². The van der Waals surface area contributed by atoms with E-state index < -0.39 is 17.8 Å². The van der Waals surface area contributed by atoms with Crippen molar-refractivity contribution >= 4 is 29.6 Å². The van der Waals surface area contributed by atoms with E-state index in [-0.39, 0.29) is 17.0 Å². The third-order valence-electron chi connectivity index (χ3n) is 3.56. The van der Waals surface area contributed by atoms with Gasteiger partial charge in [0.25, 0.3) is 11.8 Å². The van der Waals surface area contributed by atoms with E-state index in [0.717, 1.165) is 4.90 Å². The zero-order valence-corrected chi connectivity index (χ0v) is 13.4. The quantitative estimate of drug-likeness (QED) is 0.674. The first-order valence-electron chi connectivity index (χ1n) is 7.22.